The number of hydrazone groups is 1. The average Bonchev–Trinajstić information content (AvgIpc) is 2.55. The van der Waals surface area contributed by atoms with E-state index in [1.54, 1.807) is 38.1 Å². The molecule has 0 amide bonds. The SMILES string of the molecule is CCOC(=O)C1=NN(c2ccc(Br)cc2)C(C(=O)OCC)N=C1. The van der Waals surface area contributed by atoms with Crippen LogP contribution < -0.4 is 5.01 Å². The van der Waals surface area contributed by atoms with Gasteiger partial charge in [0.1, 0.15) is 0 Å². The number of aliphatic imine (C=N–C) groups is 1. The first-order valence-electron chi connectivity index (χ1n) is 7.07. The first-order chi connectivity index (χ1) is 11.1. The van der Waals surface area contributed by atoms with Crippen molar-refractivity contribution in [1.82, 2.24) is 0 Å². The zero-order valence-corrected chi connectivity index (χ0v) is 14.3. The molecule has 1 aliphatic rings. The summed E-state index contributed by atoms with van der Waals surface area (Å²) in [7, 11) is 0. The monoisotopic (exact) mass is 381 g/mol. The molecule has 0 fully saturated rings. The minimum Gasteiger partial charge on any atom is -0.463 e. The van der Waals surface area contributed by atoms with Gasteiger partial charge in [0.05, 0.1) is 25.1 Å². The maximum atomic E-state index is 12.1. The highest BCUT2D eigenvalue weighted by Gasteiger charge is 2.31. The third-order valence-corrected chi connectivity index (χ3v) is 3.39. The van der Waals surface area contributed by atoms with E-state index in [0.717, 1.165) is 4.47 Å². The predicted octanol–water partition coefficient (Wildman–Crippen LogP) is 2.15. The second-order valence-electron chi connectivity index (χ2n) is 4.43. The Morgan fingerprint density at radius 1 is 1.17 bits per heavy atom. The Kier molecular flexibility index (Phi) is 5.86. The molecular formula is C15H16BrN3O4. The van der Waals surface area contributed by atoms with Crippen LogP contribution in [0.25, 0.3) is 0 Å². The van der Waals surface area contributed by atoms with Crippen molar-refractivity contribution in [3.8, 4) is 0 Å². The van der Waals surface area contributed by atoms with Crippen molar-refractivity contribution in [3.63, 3.8) is 0 Å². The summed E-state index contributed by atoms with van der Waals surface area (Å²) in [5.74, 6) is -1.14. The second kappa shape index (κ2) is 7.87. The van der Waals surface area contributed by atoms with Gasteiger partial charge in [-0.3, -0.25) is 4.99 Å². The molecule has 7 nitrogen and oxygen atoms in total. The van der Waals surface area contributed by atoms with Crippen LogP contribution >= 0.6 is 15.9 Å². The van der Waals surface area contributed by atoms with E-state index in [0.29, 0.717) is 5.69 Å². The molecule has 0 aliphatic carbocycles. The number of anilines is 1. The molecule has 122 valence electrons. The predicted molar refractivity (Wildman–Crippen MR) is 89.6 cm³/mol. The van der Waals surface area contributed by atoms with Crippen LogP contribution in [0.3, 0.4) is 0 Å². The molecule has 0 saturated carbocycles. The first-order valence-corrected chi connectivity index (χ1v) is 7.86. The maximum absolute atomic E-state index is 12.1. The molecule has 0 aromatic heterocycles. The summed E-state index contributed by atoms with van der Waals surface area (Å²) < 4.78 is 10.8. The standard InChI is InChI=1S/C15H16BrN3O4/c1-3-22-14(20)12-9-17-13(15(21)23-4-2)19(18-12)11-7-5-10(16)6-8-11/h5-9,13H,3-4H2,1-2H3. The van der Waals surface area contributed by atoms with E-state index >= 15 is 0 Å². The average molecular weight is 382 g/mol. The molecule has 0 N–H and O–H groups in total. The number of ether oxygens (including phenoxy) is 2. The summed E-state index contributed by atoms with van der Waals surface area (Å²) >= 11 is 3.34. The molecule has 2 rings (SSSR count). The van der Waals surface area contributed by atoms with Crippen LogP contribution in [-0.4, -0.2) is 43.2 Å². The van der Waals surface area contributed by atoms with Crippen molar-refractivity contribution in [3.05, 3.63) is 28.7 Å². The molecule has 23 heavy (non-hydrogen) atoms. The molecule has 1 heterocycles. The van der Waals surface area contributed by atoms with Crippen LogP contribution in [0.2, 0.25) is 0 Å². The lowest BCUT2D eigenvalue weighted by Gasteiger charge is -2.27. The number of hydrogen-bond donors (Lipinski definition) is 0. The molecule has 0 radical (unpaired) electrons. The van der Waals surface area contributed by atoms with Gasteiger partial charge in [-0.15, -0.1) is 0 Å². The van der Waals surface area contributed by atoms with Gasteiger partial charge in [-0.1, -0.05) is 15.9 Å². The molecular weight excluding hydrogens is 366 g/mol. The lowest BCUT2D eigenvalue weighted by atomic mass is 10.3. The number of nitrogens with zero attached hydrogens (tertiary/aromatic N) is 3. The highest BCUT2D eigenvalue weighted by molar-refractivity contribution is 9.10. The fraction of sp³-hybridized carbons (Fsp3) is 0.333. The number of benzene rings is 1. The molecule has 1 unspecified atom stereocenters. The summed E-state index contributed by atoms with van der Waals surface area (Å²) in [6.07, 6.45) is 0.254. The quantitative estimate of drug-likeness (QED) is 0.729. The highest BCUT2D eigenvalue weighted by atomic mass is 79.9. The van der Waals surface area contributed by atoms with Crippen molar-refractivity contribution in [2.24, 2.45) is 10.1 Å². The molecule has 0 saturated heterocycles. The van der Waals surface area contributed by atoms with Crippen molar-refractivity contribution in [1.29, 1.82) is 0 Å². The Labute approximate surface area is 142 Å². The fourth-order valence-corrected chi connectivity index (χ4v) is 2.13. The highest BCUT2D eigenvalue weighted by Crippen LogP contribution is 2.23. The van der Waals surface area contributed by atoms with Gasteiger partial charge in [0, 0.05) is 4.47 Å². The van der Waals surface area contributed by atoms with Gasteiger partial charge in [-0.05, 0) is 38.1 Å². The summed E-state index contributed by atoms with van der Waals surface area (Å²) in [6, 6.07) is 7.11. The molecule has 1 aliphatic heterocycles. The number of carbonyl (C=O) groups excluding carboxylic acids is 2. The van der Waals surface area contributed by atoms with Crippen LogP contribution in [0, 0.1) is 0 Å². The largest absolute Gasteiger partial charge is 0.463 e. The van der Waals surface area contributed by atoms with Crippen molar-refractivity contribution >= 4 is 45.5 Å². The minimum atomic E-state index is -0.977. The first kappa shape index (κ1) is 17.1. The van der Waals surface area contributed by atoms with Gasteiger partial charge >= 0.3 is 11.9 Å². The number of halogens is 1. The van der Waals surface area contributed by atoms with Crippen molar-refractivity contribution in [2.45, 2.75) is 20.0 Å². The third kappa shape index (κ3) is 4.16. The van der Waals surface area contributed by atoms with Gasteiger partial charge in [0.25, 0.3) is 0 Å². The molecule has 1 atom stereocenters. The van der Waals surface area contributed by atoms with E-state index < -0.39 is 18.1 Å². The molecule has 0 spiro atoms. The van der Waals surface area contributed by atoms with E-state index in [4.69, 9.17) is 9.47 Å². The fourth-order valence-electron chi connectivity index (χ4n) is 1.87. The van der Waals surface area contributed by atoms with E-state index in [1.165, 1.54) is 11.2 Å². The third-order valence-electron chi connectivity index (χ3n) is 2.86. The molecule has 0 bridgehead atoms. The Bertz CT molecular complexity index is 643. The summed E-state index contributed by atoms with van der Waals surface area (Å²) in [5.41, 5.74) is 0.625. The van der Waals surface area contributed by atoms with Gasteiger partial charge in [0.2, 0.25) is 6.17 Å². The molecule has 8 heteroatoms. The Morgan fingerprint density at radius 3 is 2.43 bits per heavy atom. The lowest BCUT2D eigenvalue weighted by molar-refractivity contribution is -0.144. The van der Waals surface area contributed by atoms with Crippen LogP contribution in [0.4, 0.5) is 5.69 Å². The Morgan fingerprint density at radius 2 is 1.83 bits per heavy atom. The smallest absolute Gasteiger partial charge is 0.360 e. The van der Waals surface area contributed by atoms with Crippen LogP contribution in [0.1, 0.15) is 13.8 Å². The van der Waals surface area contributed by atoms with E-state index in [-0.39, 0.29) is 18.9 Å². The zero-order valence-electron chi connectivity index (χ0n) is 12.7. The minimum absolute atomic E-state index is 0.0234. The summed E-state index contributed by atoms with van der Waals surface area (Å²) in [4.78, 5) is 28.0. The summed E-state index contributed by atoms with van der Waals surface area (Å²) in [6.45, 7) is 3.87. The van der Waals surface area contributed by atoms with Gasteiger partial charge in [-0.2, -0.15) is 5.10 Å². The number of carbonyl (C=O) groups is 2. The number of esters is 2. The van der Waals surface area contributed by atoms with Crippen LogP contribution in [0.5, 0.6) is 0 Å². The van der Waals surface area contributed by atoms with Crippen molar-refractivity contribution < 1.29 is 19.1 Å². The maximum Gasteiger partial charge on any atom is 0.360 e. The van der Waals surface area contributed by atoms with Gasteiger partial charge in [-0.25, -0.2) is 14.6 Å². The molecule has 1 aromatic rings. The van der Waals surface area contributed by atoms with Crippen molar-refractivity contribution in [2.75, 3.05) is 18.2 Å². The number of hydrogen-bond acceptors (Lipinski definition) is 7. The lowest BCUT2D eigenvalue weighted by Crippen LogP contribution is -2.42. The van der Waals surface area contributed by atoms with E-state index in [1.807, 2.05) is 0 Å². The van der Waals surface area contributed by atoms with Crippen LogP contribution in [0.15, 0.2) is 38.8 Å². The van der Waals surface area contributed by atoms with Gasteiger partial charge in [0.15, 0.2) is 5.71 Å². The Balaban J connectivity index is 2.35. The Hall–Kier alpha value is -2.22. The number of rotatable bonds is 5. The van der Waals surface area contributed by atoms with Crippen LogP contribution in [-0.2, 0) is 19.1 Å². The van der Waals surface area contributed by atoms with Gasteiger partial charge < -0.3 is 9.47 Å². The van der Waals surface area contributed by atoms with E-state index in [2.05, 4.69) is 26.0 Å². The van der Waals surface area contributed by atoms with E-state index in [9.17, 15) is 9.59 Å². The second-order valence-corrected chi connectivity index (χ2v) is 5.35. The zero-order chi connectivity index (χ0) is 16.8. The topological polar surface area (TPSA) is 80.6 Å². The summed E-state index contributed by atoms with van der Waals surface area (Å²) in [5, 5.41) is 5.54. The molecule has 1 aromatic carbocycles. The normalized spacial score (nSPS) is 16.7.